The SMILES string of the molecule is CCCCn1c(=O)c2ccccc2n2c(SCC(=O)c3cc(C)n(-c4cc(C)on4)c3C)nnc12. The molecule has 9 nitrogen and oxygen atoms in total. The molecule has 0 unspecified atom stereocenters. The quantitative estimate of drug-likeness (QED) is 0.233. The fourth-order valence-electron chi connectivity index (χ4n) is 4.41. The van der Waals surface area contributed by atoms with Crippen molar-refractivity contribution < 1.29 is 9.32 Å². The van der Waals surface area contributed by atoms with Gasteiger partial charge in [-0.15, -0.1) is 10.2 Å². The molecular formula is C25H26N6O3S. The van der Waals surface area contributed by atoms with Crippen molar-refractivity contribution >= 4 is 34.2 Å². The monoisotopic (exact) mass is 490 g/mol. The summed E-state index contributed by atoms with van der Waals surface area (Å²) in [5, 5.41) is 14.0. The summed E-state index contributed by atoms with van der Waals surface area (Å²) in [7, 11) is 0. The summed E-state index contributed by atoms with van der Waals surface area (Å²) >= 11 is 1.32. The first-order chi connectivity index (χ1) is 16.9. The molecule has 0 bridgehead atoms. The van der Waals surface area contributed by atoms with Crippen molar-refractivity contribution in [2.75, 3.05) is 5.75 Å². The molecule has 4 heterocycles. The number of hydrogen-bond donors (Lipinski definition) is 0. The molecule has 0 aliphatic carbocycles. The van der Waals surface area contributed by atoms with Crippen LogP contribution < -0.4 is 5.56 Å². The first kappa shape index (κ1) is 23.1. The first-order valence-electron chi connectivity index (χ1n) is 11.6. The molecule has 5 rings (SSSR count). The van der Waals surface area contributed by atoms with Crippen LogP contribution in [-0.4, -0.2) is 40.4 Å². The van der Waals surface area contributed by atoms with Crippen LogP contribution in [0.3, 0.4) is 0 Å². The van der Waals surface area contributed by atoms with Gasteiger partial charge in [0.2, 0.25) is 5.78 Å². The molecule has 35 heavy (non-hydrogen) atoms. The summed E-state index contributed by atoms with van der Waals surface area (Å²) in [5.41, 5.74) is 3.01. The number of benzene rings is 1. The van der Waals surface area contributed by atoms with E-state index in [1.165, 1.54) is 11.8 Å². The predicted molar refractivity (Wildman–Crippen MR) is 135 cm³/mol. The average molecular weight is 491 g/mol. The molecule has 10 heteroatoms. The largest absolute Gasteiger partial charge is 0.360 e. The lowest BCUT2D eigenvalue weighted by molar-refractivity contribution is 0.102. The second-order valence-electron chi connectivity index (χ2n) is 8.57. The van der Waals surface area contributed by atoms with E-state index >= 15 is 0 Å². The number of nitrogens with zero attached hydrogens (tertiary/aromatic N) is 6. The summed E-state index contributed by atoms with van der Waals surface area (Å²) in [6.45, 7) is 8.33. The Balaban J connectivity index is 1.49. The van der Waals surface area contributed by atoms with Gasteiger partial charge < -0.3 is 4.52 Å². The highest BCUT2D eigenvalue weighted by Crippen LogP contribution is 2.25. The van der Waals surface area contributed by atoms with Gasteiger partial charge in [-0.2, -0.15) is 0 Å². The average Bonchev–Trinajstić information content (AvgIpc) is 3.54. The smallest absolute Gasteiger partial charge is 0.262 e. The number of aromatic nitrogens is 6. The summed E-state index contributed by atoms with van der Waals surface area (Å²) in [6, 6.07) is 11.2. The van der Waals surface area contributed by atoms with Crippen LogP contribution in [-0.2, 0) is 6.54 Å². The Hall–Kier alpha value is -3.66. The summed E-state index contributed by atoms with van der Waals surface area (Å²) in [4.78, 5) is 26.3. The van der Waals surface area contributed by atoms with Gasteiger partial charge in [-0.25, -0.2) is 0 Å². The Morgan fingerprint density at radius 3 is 2.66 bits per heavy atom. The molecule has 0 aliphatic heterocycles. The van der Waals surface area contributed by atoms with Gasteiger partial charge >= 0.3 is 0 Å². The molecule has 180 valence electrons. The van der Waals surface area contributed by atoms with Gasteiger partial charge in [0.1, 0.15) is 5.76 Å². The maximum absolute atomic E-state index is 13.2. The number of fused-ring (bicyclic) bond motifs is 3. The van der Waals surface area contributed by atoms with Gasteiger partial charge in [0.25, 0.3) is 5.56 Å². The number of unbranched alkanes of at least 4 members (excludes halogenated alkanes) is 1. The van der Waals surface area contributed by atoms with Gasteiger partial charge in [-0.05, 0) is 45.4 Å². The maximum atomic E-state index is 13.2. The number of hydrogen-bond acceptors (Lipinski definition) is 7. The molecule has 4 aromatic heterocycles. The summed E-state index contributed by atoms with van der Waals surface area (Å²) in [5.74, 6) is 2.03. The standard InChI is InChI=1S/C25H26N6O3S/c1-5-6-11-29-23(33)18-9-7-8-10-20(18)31-24(29)26-27-25(31)35-14-21(32)19-12-15(2)30(17(19)4)22-13-16(3)34-28-22/h7-10,12-13H,5-6,11,14H2,1-4H3. The molecule has 0 atom stereocenters. The zero-order valence-electron chi connectivity index (χ0n) is 20.1. The van der Waals surface area contributed by atoms with Crippen LogP contribution in [0.5, 0.6) is 0 Å². The number of para-hydroxylation sites is 1. The fourth-order valence-corrected chi connectivity index (χ4v) is 5.23. The number of carbonyl (C=O) groups excluding carboxylic acids is 1. The minimum Gasteiger partial charge on any atom is -0.360 e. The number of rotatable bonds is 8. The van der Waals surface area contributed by atoms with Gasteiger partial charge in [-0.3, -0.25) is 23.1 Å². The van der Waals surface area contributed by atoms with E-state index in [9.17, 15) is 9.59 Å². The van der Waals surface area contributed by atoms with Crippen LogP contribution in [0.25, 0.3) is 22.5 Å². The first-order valence-corrected chi connectivity index (χ1v) is 12.5. The Bertz CT molecular complexity index is 1620. The Morgan fingerprint density at radius 1 is 1.11 bits per heavy atom. The van der Waals surface area contributed by atoms with E-state index < -0.39 is 0 Å². The van der Waals surface area contributed by atoms with Crippen molar-refractivity contribution in [3.63, 3.8) is 0 Å². The Morgan fingerprint density at radius 2 is 1.91 bits per heavy atom. The van der Waals surface area contributed by atoms with Crippen LogP contribution >= 0.6 is 11.8 Å². The lowest BCUT2D eigenvalue weighted by Crippen LogP contribution is -2.23. The van der Waals surface area contributed by atoms with Crippen LogP contribution in [0.4, 0.5) is 0 Å². The minimum absolute atomic E-state index is 0.0186. The summed E-state index contributed by atoms with van der Waals surface area (Å²) in [6.07, 6.45) is 1.82. The zero-order valence-corrected chi connectivity index (χ0v) is 20.9. The highest BCUT2D eigenvalue weighted by molar-refractivity contribution is 7.99. The van der Waals surface area contributed by atoms with Crippen LogP contribution in [0, 0.1) is 20.8 Å². The predicted octanol–water partition coefficient (Wildman–Crippen LogP) is 4.52. The molecule has 0 saturated carbocycles. The van der Waals surface area contributed by atoms with Crippen molar-refractivity contribution in [2.24, 2.45) is 0 Å². The number of thioether (sulfide) groups is 1. The molecular weight excluding hydrogens is 464 g/mol. The molecule has 0 radical (unpaired) electrons. The van der Waals surface area contributed by atoms with Gasteiger partial charge in [0.15, 0.2) is 16.8 Å². The highest BCUT2D eigenvalue weighted by atomic mass is 32.2. The normalized spacial score (nSPS) is 11.7. The van der Waals surface area contributed by atoms with E-state index in [4.69, 9.17) is 4.52 Å². The lowest BCUT2D eigenvalue weighted by Gasteiger charge is -2.10. The third-order valence-electron chi connectivity index (χ3n) is 6.12. The van der Waals surface area contributed by atoms with E-state index in [-0.39, 0.29) is 17.1 Å². The van der Waals surface area contributed by atoms with E-state index in [1.54, 1.807) is 4.57 Å². The van der Waals surface area contributed by atoms with Gasteiger partial charge in [0, 0.05) is 29.6 Å². The number of Topliss-reactive ketones (excluding diaryl/α,β-unsaturated/α-hetero) is 1. The third kappa shape index (κ3) is 3.97. The van der Waals surface area contributed by atoms with Crippen LogP contribution in [0.2, 0.25) is 0 Å². The van der Waals surface area contributed by atoms with Gasteiger partial charge in [-0.1, -0.05) is 42.4 Å². The molecule has 0 spiro atoms. The van der Waals surface area contributed by atoms with E-state index in [2.05, 4.69) is 22.3 Å². The number of carbonyl (C=O) groups is 1. The van der Waals surface area contributed by atoms with Crippen LogP contribution in [0.1, 0.15) is 47.3 Å². The zero-order chi connectivity index (χ0) is 24.7. The minimum atomic E-state index is -0.0721. The topological polar surface area (TPSA) is 100 Å². The summed E-state index contributed by atoms with van der Waals surface area (Å²) < 4.78 is 10.7. The van der Waals surface area contributed by atoms with E-state index in [0.717, 1.165) is 29.7 Å². The van der Waals surface area contributed by atoms with Crippen molar-refractivity contribution in [1.82, 2.24) is 28.9 Å². The van der Waals surface area contributed by atoms with Gasteiger partial charge in [0.05, 0.1) is 16.7 Å². The van der Waals surface area contributed by atoms with E-state index in [1.807, 2.05) is 66.1 Å². The lowest BCUT2D eigenvalue weighted by atomic mass is 10.2. The Kier molecular flexibility index (Phi) is 6.06. The third-order valence-corrected chi connectivity index (χ3v) is 7.05. The molecule has 1 aromatic carbocycles. The second kappa shape index (κ2) is 9.18. The van der Waals surface area contributed by atoms with Crippen LogP contribution in [0.15, 0.2) is 50.9 Å². The molecule has 0 saturated heterocycles. The van der Waals surface area contributed by atoms with Crippen molar-refractivity contribution in [1.29, 1.82) is 0 Å². The number of aryl methyl sites for hydroxylation is 3. The van der Waals surface area contributed by atoms with Crippen molar-refractivity contribution in [3.8, 4) is 5.82 Å². The molecule has 0 N–H and O–H groups in total. The number of ketones is 1. The highest BCUT2D eigenvalue weighted by Gasteiger charge is 2.21. The van der Waals surface area contributed by atoms with Crippen molar-refractivity contribution in [3.05, 3.63) is 69.5 Å². The molecule has 5 aromatic rings. The maximum Gasteiger partial charge on any atom is 0.262 e. The second-order valence-corrected chi connectivity index (χ2v) is 9.52. The molecule has 0 amide bonds. The van der Waals surface area contributed by atoms with E-state index in [0.29, 0.717) is 40.0 Å². The van der Waals surface area contributed by atoms with Crippen molar-refractivity contribution in [2.45, 2.75) is 52.2 Å². The Labute approximate surface area is 205 Å². The molecule has 0 fully saturated rings. The fraction of sp³-hybridized carbons (Fsp3) is 0.320. The molecule has 0 aliphatic rings.